The van der Waals surface area contributed by atoms with Gasteiger partial charge in [0.1, 0.15) is 5.82 Å². The highest BCUT2D eigenvalue weighted by Crippen LogP contribution is 2.36. The summed E-state index contributed by atoms with van der Waals surface area (Å²) in [6.45, 7) is 6.09. The van der Waals surface area contributed by atoms with Gasteiger partial charge in [-0.25, -0.2) is 14.4 Å². The first-order chi connectivity index (χ1) is 13.7. The maximum absolute atomic E-state index is 13.9. The molecule has 0 spiro atoms. The lowest BCUT2D eigenvalue weighted by Crippen LogP contribution is -2.37. The second-order valence-electron chi connectivity index (χ2n) is 7.50. The molecule has 0 aliphatic carbocycles. The molecule has 148 valence electrons. The average molecular weight is 399 g/mol. The Hall–Kier alpha value is -2.08. The summed E-state index contributed by atoms with van der Waals surface area (Å²) in [6.07, 6.45) is 5.85. The maximum atomic E-state index is 13.9. The standard InChI is InChI=1S/C22H27FN4S/c1-3-19-21(18-14-17(23)4-5-20(18)26-19)16-6-10-27(11-7-16)22-24-9-13-28-12-8-15(2)25-22/h4-5,9,13-14,16,26H,3,6-8,10-12H2,1-2H3/b13-9+,24-22-,25-15+. The van der Waals surface area contributed by atoms with Gasteiger partial charge in [0.2, 0.25) is 5.96 Å². The van der Waals surface area contributed by atoms with Crippen molar-refractivity contribution in [2.45, 2.75) is 45.4 Å². The third-order valence-electron chi connectivity index (χ3n) is 5.64. The van der Waals surface area contributed by atoms with Gasteiger partial charge in [0.15, 0.2) is 0 Å². The van der Waals surface area contributed by atoms with Crippen LogP contribution in [0.2, 0.25) is 0 Å². The number of thioether (sulfide) groups is 1. The van der Waals surface area contributed by atoms with Crippen LogP contribution in [0.3, 0.4) is 0 Å². The van der Waals surface area contributed by atoms with E-state index in [1.807, 2.05) is 12.3 Å². The molecule has 2 aromatic rings. The van der Waals surface area contributed by atoms with Crippen LogP contribution in [-0.2, 0) is 6.42 Å². The largest absolute Gasteiger partial charge is 0.358 e. The fraction of sp³-hybridized carbons (Fsp3) is 0.455. The molecule has 4 nitrogen and oxygen atoms in total. The molecule has 28 heavy (non-hydrogen) atoms. The molecule has 2 aliphatic heterocycles. The predicted octanol–water partition coefficient (Wildman–Crippen LogP) is 5.47. The lowest BCUT2D eigenvalue weighted by molar-refractivity contribution is 0.311. The summed E-state index contributed by atoms with van der Waals surface area (Å²) in [7, 11) is 0. The molecule has 1 aromatic carbocycles. The van der Waals surface area contributed by atoms with Gasteiger partial charge in [-0.05, 0) is 67.7 Å². The van der Waals surface area contributed by atoms with Crippen LogP contribution in [-0.4, -0.2) is 40.4 Å². The van der Waals surface area contributed by atoms with Crippen molar-refractivity contribution in [3.05, 3.63) is 46.9 Å². The highest BCUT2D eigenvalue weighted by Gasteiger charge is 2.27. The molecule has 1 N–H and O–H groups in total. The summed E-state index contributed by atoms with van der Waals surface area (Å²) in [5, 5.41) is 3.10. The average Bonchev–Trinajstić information content (AvgIpc) is 3.11. The summed E-state index contributed by atoms with van der Waals surface area (Å²) >= 11 is 1.78. The number of H-pyrrole nitrogens is 1. The fourth-order valence-electron chi connectivity index (χ4n) is 4.18. The summed E-state index contributed by atoms with van der Waals surface area (Å²) in [4.78, 5) is 15.2. The molecule has 0 atom stereocenters. The van der Waals surface area contributed by atoms with Crippen LogP contribution in [0.25, 0.3) is 10.9 Å². The van der Waals surface area contributed by atoms with E-state index in [-0.39, 0.29) is 5.82 Å². The van der Waals surface area contributed by atoms with Crippen molar-refractivity contribution in [3.63, 3.8) is 0 Å². The van der Waals surface area contributed by atoms with Crippen molar-refractivity contribution >= 4 is 34.3 Å². The zero-order valence-electron chi connectivity index (χ0n) is 16.5. The Morgan fingerprint density at radius 1 is 1.29 bits per heavy atom. The van der Waals surface area contributed by atoms with E-state index in [0.29, 0.717) is 5.92 Å². The van der Waals surface area contributed by atoms with Crippen LogP contribution in [0.1, 0.15) is 50.3 Å². The molecule has 0 radical (unpaired) electrons. The number of nitrogens with zero attached hydrogens (tertiary/aromatic N) is 3. The second kappa shape index (κ2) is 8.52. The van der Waals surface area contributed by atoms with Gasteiger partial charge in [0.05, 0.1) is 0 Å². The van der Waals surface area contributed by atoms with Crippen LogP contribution in [0.5, 0.6) is 0 Å². The van der Waals surface area contributed by atoms with Crippen LogP contribution in [0, 0.1) is 5.82 Å². The topological polar surface area (TPSA) is 43.8 Å². The Morgan fingerprint density at radius 3 is 2.89 bits per heavy atom. The van der Waals surface area contributed by atoms with Crippen LogP contribution < -0.4 is 0 Å². The molecule has 0 unspecified atom stereocenters. The summed E-state index contributed by atoms with van der Waals surface area (Å²) in [6, 6.07) is 5.08. The SMILES string of the molecule is CCc1[nH]c2ccc(F)cc2c1C1CCN(C2=N\C=C\SCC\C(C)=N\2)CC1. The number of fused-ring (bicyclic) bond motifs is 1. The number of aliphatic imine (C=N–C) groups is 2. The first kappa shape index (κ1) is 19.2. The summed E-state index contributed by atoms with van der Waals surface area (Å²) in [5.41, 5.74) is 4.73. The summed E-state index contributed by atoms with van der Waals surface area (Å²) in [5.74, 6) is 2.15. The van der Waals surface area contributed by atoms with E-state index in [0.717, 1.165) is 67.1 Å². The summed E-state index contributed by atoms with van der Waals surface area (Å²) < 4.78 is 13.9. The molecule has 3 heterocycles. The molecule has 1 fully saturated rings. The van der Waals surface area contributed by atoms with Gasteiger partial charge >= 0.3 is 0 Å². The monoisotopic (exact) mass is 398 g/mol. The number of hydrogen-bond acceptors (Lipinski definition) is 4. The Kier molecular flexibility index (Phi) is 5.85. The van der Waals surface area contributed by atoms with Crippen molar-refractivity contribution < 1.29 is 4.39 Å². The van der Waals surface area contributed by atoms with E-state index in [9.17, 15) is 4.39 Å². The van der Waals surface area contributed by atoms with E-state index in [1.54, 1.807) is 17.8 Å². The minimum absolute atomic E-state index is 0.165. The fourth-order valence-corrected chi connectivity index (χ4v) is 4.87. The lowest BCUT2D eigenvalue weighted by atomic mass is 9.87. The predicted molar refractivity (Wildman–Crippen MR) is 118 cm³/mol. The number of aromatic nitrogens is 1. The van der Waals surface area contributed by atoms with Gasteiger partial charge in [-0.15, -0.1) is 11.8 Å². The van der Waals surface area contributed by atoms with Crippen LogP contribution in [0.4, 0.5) is 4.39 Å². The highest BCUT2D eigenvalue weighted by molar-refractivity contribution is 8.02. The van der Waals surface area contributed by atoms with Crippen molar-refractivity contribution in [2.75, 3.05) is 18.8 Å². The Morgan fingerprint density at radius 2 is 2.11 bits per heavy atom. The number of guanidine groups is 1. The number of likely N-dealkylation sites (tertiary alicyclic amines) is 1. The van der Waals surface area contributed by atoms with E-state index >= 15 is 0 Å². The zero-order valence-corrected chi connectivity index (χ0v) is 17.4. The minimum Gasteiger partial charge on any atom is -0.358 e. The number of nitrogens with one attached hydrogen (secondary N) is 1. The van der Waals surface area contributed by atoms with E-state index in [1.165, 1.54) is 17.3 Å². The molecule has 6 heteroatoms. The van der Waals surface area contributed by atoms with E-state index in [4.69, 9.17) is 4.99 Å². The number of piperidine rings is 1. The number of aryl methyl sites for hydroxylation is 1. The third kappa shape index (κ3) is 4.02. The van der Waals surface area contributed by atoms with Gasteiger partial charge in [-0.1, -0.05) is 6.92 Å². The van der Waals surface area contributed by atoms with Crippen molar-refractivity contribution in [1.82, 2.24) is 9.88 Å². The first-order valence-corrected chi connectivity index (χ1v) is 11.1. The molecule has 0 amide bonds. The number of aromatic amines is 1. The quantitative estimate of drug-likeness (QED) is 0.728. The van der Waals surface area contributed by atoms with Crippen molar-refractivity contribution in [1.29, 1.82) is 0 Å². The van der Waals surface area contributed by atoms with Crippen molar-refractivity contribution in [3.8, 4) is 0 Å². The van der Waals surface area contributed by atoms with Gasteiger partial charge < -0.3 is 9.88 Å². The molecule has 4 rings (SSSR count). The van der Waals surface area contributed by atoms with Crippen LogP contribution >= 0.6 is 11.8 Å². The lowest BCUT2D eigenvalue weighted by Gasteiger charge is -2.33. The van der Waals surface area contributed by atoms with Crippen molar-refractivity contribution in [2.24, 2.45) is 9.98 Å². The first-order valence-electron chi connectivity index (χ1n) is 10.1. The van der Waals surface area contributed by atoms with E-state index < -0.39 is 0 Å². The molecule has 1 aromatic heterocycles. The van der Waals surface area contributed by atoms with Crippen LogP contribution in [0.15, 0.2) is 39.8 Å². The molecule has 0 bridgehead atoms. The van der Waals surface area contributed by atoms with Gasteiger partial charge in [0, 0.05) is 47.4 Å². The Labute approximate surface area is 170 Å². The Balaban J connectivity index is 1.56. The highest BCUT2D eigenvalue weighted by atomic mass is 32.2. The van der Waals surface area contributed by atoms with Gasteiger partial charge in [-0.2, -0.15) is 0 Å². The number of hydrogen-bond donors (Lipinski definition) is 1. The minimum atomic E-state index is -0.165. The van der Waals surface area contributed by atoms with E-state index in [2.05, 4.69) is 34.1 Å². The molecule has 1 saturated heterocycles. The molecular weight excluding hydrogens is 371 g/mol. The third-order valence-corrected chi connectivity index (χ3v) is 6.40. The molecular formula is C22H27FN4S. The number of benzene rings is 1. The second-order valence-corrected chi connectivity index (χ2v) is 8.52. The zero-order chi connectivity index (χ0) is 19.5. The smallest absolute Gasteiger partial charge is 0.225 e. The maximum Gasteiger partial charge on any atom is 0.225 e. The Bertz CT molecular complexity index is 935. The normalized spacial score (nSPS) is 24.0. The van der Waals surface area contributed by atoms with Gasteiger partial charge in [0.25, 0.3) is 0 Å². The van der Waals surface area contributed by atoms with Gasteiger partial charge in [-0.3, -0.25) is 0 Å². The number of rotatable bonds is 2. The molecule has 0 saturated carbocycles. The number of halogens is 1. The molecule has 2 aliphatic rings.